The quantitative estimate of drug-likeness (QED) is 0.0415. The molecule has 1 aliphatic heterocycles. The van der Waals surface area contributed by atoms with Gasteiger partial charge in [-0.25, -0.2) is 4.79 Å². The molecule has 0 spiro atoms. The van der Waals surface area contributed by atoms with Gasteiger partial charge in [-0.3, -0.25) is 0 Å². The highest BCUT2D eigenvalue weighted by molar-refractivity contribution is 8.02. The summed E-state index contributed by atoms with van der Waals surface area (Å²) in [5, 5.41) is 16.8. The van der Waals surface area contributed by atoms with Gasteiger partial charge >= 0.3 is 5.97 Å². The van der Waals surface area contributed by atoms with Crippen molar-refractivity contribution in [3.63, 3.8) is 0 Å². The van der Waals surface area contributed by atoms with Gasteiger partial charge in [-0.15, -0.1) is 10.2 Å². The molecule has 0 saturated carbocycles. The lowest BCUT2D eigenvalue weighted by atomic mass is 9.97. The molecular weight excluding hydrogens is 709 g/mol. The van der Waals surface area contributed by atoms with Gasteiger partial charge in [0.2, 0.25) is 0 Å². The Morgan fingerprint density at radius 3 is 2.18 bits per heavy atom. The summed E-state index contributed by atoms with van der Waals surface area (Å²) in [6.45, 7) is 5.19. The molecule has 0 aliphatic carbocycles. The Bertz CT molecular complexity index is 2000. The van der Waals surface area contributed by atoms with Crippen LogP contribution < -0.4 is 14.7 Å². The Hall–Kier alpha value is -4.41. The van der Waals surface area contributed by atoms with Gasteiger partial charge in [-0.1, -0.05) is 120 Å². The highest BCUT2D eigenvalue weighted by Crippen LogP contribution is 2.37. The number of methoxy groups -OCH3 is 3. The molecule has 0 unspecified atom stereocenters. The molecule has 0 bridgehead atoms. The molecule has 0 saturated heterocycles. The Balaban J connectivity index is 1.29. The average molecular weight is 767 g/mol. The number of hydrogen-bond acceptors (Lipinski definition) is 9. The number of esters is 1. The van der Waals surface area contributed by atoms with Gasteiger partial charge in [0.15, 0.2) is 11.5 Å². The minimum absolute atomic E-state index is 0.298. The summed E-state index contributed by atoms with van der Waals surface area (Å²) in [5.74, 6) is 1.48. The van der Waals surface area contributed by atoms with E-state index in [2.05, 4.69) is 23.2 Å². The topological polar surface area (TPSA) is 97.1 Å². The molecule has 2 aromatic heterocycles. The SMILES string of the molecule is CCCCCCCCCCCCCCCCOCc1nnc2c(=CC(C)=CC(C(=O)OC)=C3C=CSc4ccccc43)c(-c3ccc(OC)cc3OC)nn12. The first-order valence-electron chi connectivity index (χ1n) is 20.0. The number of thioether (sulfide) groups is 1. The number of aromatic nitrogens is 4. The highest BCUT2D eigenvalue weighted by atomic mass is 32.2. The van der Waals surface area contributed by atoms with Crippen LogP contribution in [0, 0.1) is 0 Å². The van der Waals surface area contributed by atoms with Crippen LogP contribution in [0.3, 0.4) is 0 Å². The van der Waals surface area contributed by atoms with Crippen molar-refractivity contribution in [1.29, 1.82) is 0 Å². The van der Waals surface area contributed by atoms with Crippen LogP contribution in [0.4, 0.5) is 0 Å². The van der Waals surface area contributed by atoms with Crippen LogP contribution in [0.15, 0.2) is 76.1 Å². The summed E-state index contributed by atoms with van der Waals surface area (Å²) in [6, 6.07) is 13.7. The first-order valence-corrected chi connectivity index (χ1v) is 20.9. The van der Waals surface area contributed by atoms with Gasteiger partial charge in [-0.05, 0) is 71.9 Å². The van der Waals surface area contributed by atoms with Crippen LogP contribution in [0.25, 0.3) is 28.6 Å². The predicted molar refractivity (Wildman–Crippen MR) is 223 cm³/mol. The zero-order valence-corrected chi connectivity index (χ0v) is 34.2. The second-order valence-corrected chi connectivity index (χ2v) is 15.0. The number of carbonyl (C=O) groups excluding carboxylic acids is 1. The van der Waals surface area contributed by atoms with Crippen molar-refractivity contribution in [2.75, 3.05) is 27.9 Å². The summed E-state index contributed by atoms with van der Waals surface area (Å²) >= 11 is 1.62. The fourth-order valence-corrected chi connectivity index (χ4v) is 7.78. The number of carbonyl (C=O) groups is 1. The number of rotatable bonds is 23. The third kappa shape index (κ3) is 11.6. The van der Waals surface area contributed by atoms with E-state index in [9.17, 15) is 4.79 Å². The summed E-state index contributed by atoms with van der Waals surface area (Å²) < 4.78 is 24.4. The van der Waals surface area contributed by atoms with Gasteiger partial charge in [-0.2, -0.15) is 9.61 Å². The van der Waals surface area contributed by atoms with E-state index in [1.165, 1.54) is 84.2 Å². The molecule has 3 heterocycles. The lowest BCUT2D eigenvalue weighted by Crippen LogP contribution is -2.08. The number of fused-ring (bicyclic) bond motifs is 2. The fraction of sp³-hybridized carbons (Fsp3) is 0.467. The first kappa shape index (κ1) is 41.7. The van der Waals surface area contributed by atoms with E-state index >= 15 is 0 Å². The number of nitrogens with zero attached hydrogens (tertiary/aromatic N) is 4. The normalized spacial score (nSPS) is 14.1. The fourth-order valence-electron chi connectivity index (χ4n) is 6.97. The minimum atomic E-state index is -0.419. The van der Waals surface area contributed by atoms with Crippen molar-refractivity contribution in [1.82, 2.24) is 19.8 Å². The maximum absolute atomic E-state index is 13.2. The summed E-state index contributed by atoms with van der Waals surface area (Å²) in [5.41, 5.74) is 5.07. The Labute approximate surface area is 331 Å². The number of benzene rings is 2. The molecule has 9 nitrogen and oxygen atoms in total. The molecule has 0 radical (unpaired) electrons. The van der Waals surface area contributed by atoms with Crippen LogP contribution in [0.5, 0.6) is 11.5 Å². The lowest BCUT2D eigenvalue weighted by molar-refractivity contribution is -0.135. The molecule has 2 aromatic carbocycles. The largest absolute Gasteiger partial charge is 0.497 e. The predicted octanol–water partition coefficient (Wildman–Crippen LogP) is 10.5. The van der Waals surface area contributed by atoms with Crippen molar-refractivity contribution in [3.05, 3.63) is 87.8 Å². The lowest BCUT2D eigenvalue weighted by Gasteiger charge is -2.16. The van der Waals surface area contributed by atoms with Crippen LogP contribution in [0.2, 0.25) is 0 Å². The van der Waals surface area contributed by atoms with Crippen LogP contribution in [-0.4, -0.2) is 53.7 Å². The summed E-state index contributed by atoms with van der Waals surface area (Å²) in [6.07, 6.45) is 24.3. The van der Waals surface area contributed by atoms with Crippen molar-refractivity contribution < 1.29 is 23.7 Å². The molecule has 5 rings (SSSR count). The van der Waals surface area contributed by atoms with Gasteiger partial charge in [0, 0.05) is 28.4 Å². The molecule has 0 atom stereocenters. The van der Waals surface area contributed by atoms with E-state index < -0.39 is 5.97 Å². The van der Waals surface area contributed by atoms with E-state index in [1.54, 1.807) is 30.5 Å². The standard InChI is InChI=1S/C45H58N4O5S/c1-6-7-8-9-10-11-12-13-14-15-16-17-18-21-27-54-32-42-46-47-44-39(43(48-49(42)44)37-25-24-34(51-3)31-40(37)52-4)30-33(2)29-38(45(50)53-5)35-26-28-55-41-23-20-19-22-36(35)41/h19-20,22-26,28-31H,6-18,21,27,32H2,1-5H3. The Morgan fingerprint density at radius 2 is 1.51 bits per heavy atom. The van der Waals surface area contributed by atoms with Crippen molar-refractivity contribution in [2.24, 2.45) is 0 Å². The van der Waals surface area contributed by atoms with E-state index in [-0.39, 0.29) is 0 Å². The summed E-state index contributed by atoms with van der Waals surface area (Å²) in [7, 11) is 4.65. The van der Waals surface area contributed by atoms with Crippen LogP contribution in [0.1, 0.15) is 115 Å². The van der Waals surface area contributed by atoms with Gasteiger partial charge in [0.05, 0.1) is 26.9 Å². The van der Waals surface area contributed by atoms with E-state index in [0.717, 1.165) is 45.2 Å². The van der Waals surface area contributed by atoms with Crippen molar-refractivity contribution in [2.45, 2.75) is 115 Å². The molecule has 1 aliphatic rings. The average Bonchev–Trinajstić information content (AvgIpc) is 3.78. The second-order valence-electron chi connectivity index (χ2n) is 14.1. The molecule has 294 valence electrons. The molecule has 0 amide bonds. The maximum atomic E-state index is 13.2. The van der Waals surface area contributed by atoms with E-state index in [4.69, 9.17) is 24.0 Å². The number of hydrogen-bond donors (Lipinski definition) is 0. The molecular formula is C45H58N4O5S. The van der Waals surface area contributed by atoms with Crippen molar-refractivity contribution >= 4 is 35.0 Å². The van der Waals surface area contributed by atoms with E-state index in [0.29, 0.717) is 47.5 Å². The summed E-state index contributed by atoms with van der Waals surface area (Å²) in [4.78, 5) is 14.3. The minimum Gasteiger partial charge on any atom is -0.497 e. The zero-order chi connectivity index (χ0) is 38.8. The first-order chi connectivity index (χ1) is 27.0. The Morgan fingerprint density at radius 1 is 0.818 bits per heavy atom. The molecule has 0 N–H and O–H groups in total. The van der Waals surface area contributed by atoms with Gasteiger partial charge < -0.3 is 18.9 Å². The molecule has 0 fully saturated rings. The Kier molecular flexibility index (Phi) is 16.9. The smallest absolute Gasteiger partial charge is 0.338 e. The maximum Gasteiger partial charge on any atom is 0.338 e. The third-order valence-electron chi connectivity index (χ3n) is 9.98. The highest BCUT2D eigenvalue weighted by Gasteiger charge is 2.21. The van der Waals surface area contributed by atoms with E-state index in [1.807, 2.05) is 67.0 Å². The van der Waals surface area contributed by atoms with Crippen molar-refractivity contribution in [3.8, 4) is 22.8 Å². The molecule has 10 heteroatoms. The number of ether oxygens (including phenoxy) is 4. The van der Waals surface area contributed by atoms with Gasteiger partial charge in [0.1, 0.15) is 23.8 Å². The van der Waals surface area contributed by atoms with Gasteiger partial charge in [0.25, 0.3) is 0 Å². The third-order valence-corrected chi connectivity index (χ3v) is 10.9. The number of unbranched alkanes of at least 4 members (excludes halogenated alkanes) is 13. The zero-order valence-electron chi connectivity index (χ0n) is 33.4. The van der Waals surface area contributed by atoms with Crippen LogP contribution >= 0.6 is 11.8 Å². The number of allylic oxidation sites excluding steroid dienone is 3. The molecule has 4 aromatic rings. The monoisotopic (exact) mass is 766 g/mol. The second kappa shape index (κ2) is 22.2. The molecule has 55 heavy (non-hydrogen) atoms. The van der Waals surface area contributed by atoms with Crippen LogP contribution in [-0.2, 0) is 20.9 Å².